The van der Waals surface area contributed by atoms with Crippen LogP contribution in [-0.2, 0) is 37.0 Å². The molecule has 0 saturated carbocycles. The molecule has 44 heavy (non-hydrogen) atoms. The maximum Gasteiger partial charge on any atom is 0.392 e. The fourth-order valence-electron chi connectivity index (χ4n) is 4.11. The molecule has 3 heterocycles. The average Bonchev–Trinajstić information content (AvgIpc) is 3.49. The molecule has 0 saturated heterocycles. The SMILES string of the molecule is CCOC(=O)CCc1cc(Oc2nc(S(C)(=O)=O)nc(OC(Cc3cnc[nH]3)C(=O)O)c2[N+](=O)[O-])cc(C2NC=CCN2)c1. The predicted molar refractivity (Wildman–Crippen MR) is 151 cm³/mol. The molecule has 1 aliphatic rings. The van der Waals surface area contributed by atoms with Gasteiger partial charge in [-0.05, 0) is 42.8 Å². The third-order valence-corrected chi connectivity index (χ3v) is 6.93. The summed E-state index contributed by atoms with van der Waals surface area (Å²) in [6.07, 6.45) is 4.86. The van der Waals surface area contributed by atoms with Crippen LogP contribution in [0, 0.1) is 10.1 Å². The maximum absolute atomic E-state index is 12.5. The van der Waals surface area contributed by atoms with Crippen molar-refractivity contribution < 1.29 is 42.2 Å². The number of hydrogen-bond acceptors (Lipinski definition) is 14. The summed E-state index contributed by atoms with van der Waals surface area (Å²) >= 11 is 0. The molecule has 0 aliphatic carbocycles. The van der Waals surface area contributed by atoms with Gasteiger partial charge in [-0.2, -0.15) is 9.97 Å². The van der Waals surface area contributed by atoms with Crippen molar-refractivity contribution >= 4 is 27.5 Å². The van der Waals surface area contributed by atoms with Crippen LogP contribution in [0.5, 0.6) is 17.5 Å². The van der Waals surface area contributed by atoms with Gasteiger partial charge in [0.25, 0.3) is 5.16 Å². The first-order valence-electron chi connectivity index (χ1n) is 13.2. The van der Waals surface area contributed by atoms with E-state index >= 15 is 0 Å². The van der Waals surface area contributed by atoms with Crippen molar-refractivity contribution in [1.29, 1.82) is 0 Å². The zero-order chi connectivity index (χ0) is 31.9. The lowest BCUT2D eigenvalue weighted by atomic mass is 10.0. The van der Waals surface area contributed by atoms with E-state index in [1.54, 1.807) is 25.3 Å². The molecule has 3 aromatic rings. The van der Waals surface area contributed by atoms with Crippen LogP contribution in [-0.4, -0.2) is 75.8 Å². The van der Waals surface area contributed by atoms with Gasteiger partial charge in [0.2, 0.25) is 15.9 Å². The normalized spacial score (nSPS) is 15.2. The van der Waals surface area contributed by atoms with Crippen LogP contribution >= 0.6 is 0 Å². The fraction of sp³-hybridized carbons (Fsp3) is 0.346. The number of imidazole rings is 1. The van der Waals surface area contributed by atoms with Crippen LogP contribution in [0.4, 0.5) is 5.69 Å². The highest BCUT2D eigenvalue weighted by Gasteiger charge is 2.34. The predicted octanol–water partition coefficient (Wildman–Crippen LogP) is 1.58. The highest BCUT2D eigenvalue weighted by Crippen LogP contribution is 2.38. The smallest absolute Gasteiger partial charge is 0.392 e. The van der Waals surface area contributed by atoms with Crippen LogP contribution in [0.3, 0.4) is 0 Å². The van der Waals surface area contributed by atoms with E-state index in [0.29, 0.717) is 23.4 Å². The molecule has 1 aliphatic heterocycles. The third-order valence-electron chi connectivity index (χ3n) is 6.08. The van der Waals surface area contributed by atoms with E-state index in [1.165, 1.54) is 18.6 Å². The number of nitro groups is 1. The first-order chi connectivity index (χ1) is 20.9. The number of aromatic amines is 1. The van der Waals surface area contributed by atoms with Crippen molar-refractivity contribution in [3.63, 3.8) is 0 Å². The number of H-pyrrole nitrogens is 1. The Hall–Kier alpha value is -5.10. The van der Waals surface area contributed by atoms with Gasteiger partial charge < -0.3 is 29.6 Å². The number of esters is 1. The van der Waals surface area contributed by atoms with E-state index in [0.717, 1.165) is 6.26 Å². The molecular weight excluding hydrogens is 602 g/mol. The second-order valence-electron chi connectivity index (χ2n) is 9.45. The topological polar surface area (TPSA) is 238 Å². The number of carboxylic acids is 1. The van der Waals surface area contributed by atoms with E-state index in [1.807, 2.05) is 6.08 Å². The molecule has 1 aromatic carbocycles. The Morgan fingerprint density at radius 2 is 2.00 bits per heavy atom. The number of ether oxygens (including phenoxy) is 3. The Morgan fingerprint density at radius 1 is 1.23 bits per heavy atom. The molecule has 4 rings (SSSR count). The van der Waals surface area contributed by atoms with Gasteiger partial charge in [-0.3, -0.25) is 20.2 Å². The molecule has 234 valence electrons. The Morgan fingerprint density at radius 3 is 2.61 bits per heavy atom. The number of carbonyl (C=O) groups excluding carboxylic acids is 1. The molecule has 2 unspecified atom stereocenters. The lowest BCUT2D eigenvalue weighted by Crippen LogP contribution is -2.34. The summed E-state index contributed by atoms with van der Waals surface area (Å²) < 4.78 is 41.2. The number of hydrogen-bond donors (Lipinski definition) is 4. The van der Waals surface area contributed by atoms with Crippen LogP contribution in [0.2, 0.25) is 0 Å². The Bertz CT molecular complexity index is 1660. The number of carboxylic acid groups (broad SMARTS) is 1. The second kappa shape index (κ2) is 13.9. The molecule has 0 bridgehead atoms. The quantitative estimate of drug-likeness (QED) is 0.0855. The number of aryl methyl sites for hydroxylation is 1. The second-order valence-corrected chi connectivity index (χ2v) is 11.4. The Labute approximate surface area is 250 Å². The van der Waals surface area contributed by atoms with Gasteiger partial charge in [-0.25, -0.2) is 18.2 Å². The van der Waals surface area contributed by atoms with Crippen molar-refractivity contribution in [3.05, 3.63) is 69.9 Å². The van der Waals surface area contributed by atoms with Gasteiger partial charge in [0.15, 0.2) is 0 Å². The molecule has 0 fully saturated rings. The Balaban J connectivity index is 1.78. The monoisotopic (exact) mass is 631 g/mol. The highest BCUT2D eigenvalue weighted by molar-refractivity contribution is 7.90. The zero-order valence-electron chi connectivity index (χ0n) is 23.6. The number of nitrogens with one attached hydrogen (secondary N) is 3. The molecule has 18 heteroatoms. The zero-order valence-corrected chi connectivity index (χ0v) is 24.4. The van der Waals surface area contributed by atoms with E-state index in [2.05, 4.69) is 30.6 Å². The summed E-state index contributed by atoms with van der Waals surface area (Å²) in [7, 11) is -4.19. The van der Waals surface area contributed by atoms with Crippen LogP contribution in [0.1, 0.15) is 36.3 Å². The van der Waals surface area contributed by atoms with Crippen molar-refractivity contribution in [3.8, 4) is 17.5 Å². The summed E-state index contributed by atoms with van der Waals surface area (Å²) in [5, 5.41) is 27.4. The lowest BCUT2D eigenvalue weighted by molar-refractivity contribution is -0.387. The number of rotatable bonds is 14. The molecule has 2 aromatic heterocycles. The minimum absolute atomic E-state index is 0.0129. The van der Waals surface area contributed by atoms with Crippen molar-refractivity contribution in [2.45, 2.75) is 43.6 Å². The van der Waals surface area contributed by atoms with Crippen LogP contribution in [0.25, 0.3) is 0 Å². The highest BCUT2D eigenvalue weighted by atomic mass is 32.2. The molecule has 2 atom stereocenters. The molecule has 4 N–H and O–H groups in total. The van der Waals surface area contributed by atoms with E-state index < -0.39 is 61.6 Å². The van der Waals surface area contributed by atoms with Gasteiger partial charge in [0.05, 0.1) is 17.9 Å². The van der Waals surface area contributed by atoms with Crippen molar-refractivity contribution in [1.82, 2.24) is 30.6 Å². The van der Waals surface area contributed by atoms with Gasteiger partial charge >= 0.3 is 29.4 Å². The number of benzene rings is 1. The number of sulfone groups is 1. The van der Waals surface area contributed by atoms with Crippen LogP contribution in [0.15, 0.2) is 48.2 Å². The van der Waals surface area contributed by atoms with Gasteiger partial charge in [0.1, 0.15) is 11.9 Å². The summed E-state index contributed by atoms with van der Waals surface area (Å²) in [4.78, 5) is 49.2. The first kappa shape index (κ1) is 31.8. The molecular formula is C26H29N7O10S. The average molecular weight is 632 g/mol. The summed E-state index contributed by atoms with van der Waals surface area (Å²) in [6, 6.07) is 4.85. The molecule has 0 radical (unpaired) electrons. The maximum atomic E-state index is 12.5. The largest absolute Gasteiger partial charge is 0.478 e. The van der Waals surface area contributed by atoms with E-state index in [4.69, 9.17) is 14.2 Å². The first-order valence-corrected chi connectivity index (χ1v) is 15.1. The van der Waals surface area contributed by atoms with E-state index in [9.17, 15) is 33.2 Å². The van der Waals surface area contributed by atoms with Crippen molar-refractivity contribution in [2.75, 3.05) is 19.4 Å². The number of aromatic nitrogens is 4. The summed E-state index contributed by atoms with van der Waals surface area (Å²) in [5.74, 6) is -3.64. The van der Waals surface area contributed by atoms with Crippen LogP contribution < -0.4 is 20.1 Å². The molecule has 0 spiro atoms. The minimum atomic E-state index is -4.19. The number of carbonyl (C=O) groups is 2. The number of aliphatic carboxylic acids is 1. The third kappa shape index (κ3) is 8.26. The van der Waals surface area contributed by atoms with Gasteiger partial charge in [-0.15, -0.1) is 0 Å². The number of nitrogens with zero attached hydrogens (tertiary/aromatic N) is 4. The van der Waals surface area contributed by atoms with Crippen molar-refractivity contribution in [2.24, 2.45) is 0 Å². The summed E-state index contributed by atoms with van der Waals surface area (Å²) in [5.41, 5.74) is 0.572. The standard InChI is InChI=1S/C26H29N7O10S/c1-3-41-20(34)6-5-15-9-16(22-28-7-4-8-29-22)11-18(10-15)42-23-21(33(37)38)24(32-26(31-23)44(2,39)40)43-19(25(35)36)12-17-13-27-14-30-17/h4,7,9-11,13-14,19,22,28-29H,3,5-6,8,12H2,1-2H3,(H,27,30)(H,35,36). The van der Waals surface area contributed by atoms with Gasteiger partial charge in [-0.1, -0.05) is 12.1 Å². The lowest BCUT2D eigenvalue weighted by Gasteiger charge is -2.23. The fourth-order valence-corrected chi connectivity index (χ4v) is 4.61. The van der Waals surface area contributed by atoms with Gasteiger partial charge in [0, 0.05) is 37.5 Å². The van der Waals surface area contributed by atoms with E-state index in [-0.39, 0.29) is 31.6 Å². The molecule has 0 amide bonds. The Kier molecular flexibility index (Phi) is 10.1. The molecule has 17 nitrogen and oxygen atoms in total. The minimum Gasteiger partial charge on any atom is -0.478 e. The summed E-state index contributed by atoms with van der Waals surface area (Å²) in [6.45, 7) is 2.44.